The SMILES string of the molecule is CCCCCCCCCCCCCCOCC(O)COC(C)=O. The first kappa shape index (κ1) is 22.4. The Morgan fingerprint density at radius 3 is 1.78 bits per heavy atom. The Morgan fingerprint density at radius 1 is 0.826 bits per heavy atom. The van der Waals surface area contributed by atoms with E-state index in [1.165, 1.54) is 77.6 Å². The molecule has 138 valence electrons. The van der Waals surface area contributed by atoms with Gasteiger partial charge in [0.15, 0.2) is 0 Å². The minimum Gasteiger partial charge on any atom is -0.463 e. The highest BCUT2D eigenvalue weighted by Gasteiger charge is 2.05. The van der Waals surface area contributed by atoms with E-state index in [0.717, 1.165) is 6.42 Å². The number of rotatable bonds is 17. The van der Waals surface area contributed by atoms with Crippen LogP contribution in [0.25, 0.3) is 0 Å². The normalized spacial score (nSPS) is 12.3. The van der Waals surface area contributed by atoms with Gasteiger partial charge in [0.05, 0.1) is 6.61 Å². The summed E-state index contributed by atoms with van der Waals surface area (Å²) in [6.45, 7) is 4.53. The molecule has 1 atom stereocenters. The highest BCUT2D eigenvalue weighted by Crippen LogP contribution is 2.11. The Hall–Kier alpha value is -0.610. The van der Waals surface area contributed by atoms with Crippen LogP contribution in [0.4, 0.5) is 0 Å². The van der Waals surface area contributed by atoms with E-state index >= 15 is 0 Å². The Balaban J connectivity index is 3.09. The molecule has 0 bridgehead atoms. The Morgan fingerprint density at radius 2 is 1.30 bits per heavy atom. The number of carbonyl (C=O) groups excluding carboxylic acids is 1. The fourth-order valence-corrected chi connectivity index (χ4v) is 2.53. The maximum Gasteiger partial charge on any atom is 0.302 e. The van der Waals surface area contributed by atoms with Crippen molar-refractivity contribution in [3.8, 4) is 0 Å². The summed E-state index contributed by atoms with van der Waals surface area (Å²) >= 11 is 0. The van der Waals surface area contributed by atoms with Crippen LogP contribution in [0.3, 0.4) is 0 Å². The van der Waals surface area contributed by atoms with Crippen LogP contribution in [0.5, 0.6) is 0 Å². The summed E-state index contributed by atoms with van der Waals surface area (Å²) in [6, 6.07) is 0. The van der Waals surface area contributed by atoms with Crippen molar-refractivity contribution in [2.45, 2.75) is 97.0 Å². The highest BCUT2D eigenvalue weighted by atomic mass is 16.5. The largest absolute Gasteiger partial charge is 0.463 e. The number of carbonyl (C=O) groups is 1. The molecule has 0 aromatic heterocycles. The van der Waals surface area contributed by atoms with E-state index in [9.17, 15) is 9.90 Å². The maximum atomic E-state index is 10.6. The minimum absolute atomic E-state index is 0.0216. The Bertz CT molecular complexity index is 256. The molecule has 1 N–H and O–H groups in total. The lowest BCUT2D eigenvalue weighted by Crippen LogP contribution is -2.23. The van der Waals surface area contributed by atoms with Crippen molar-refractivity contribution >= 4 is 5.97 Å². The molecule has 0 saturated carbocycles. The van der Waals surface area contributed by atoms with Gasteiger partial charge < -0.3 is 14.6 Å². The van der Waals surface area contributed by atoms with E-state index in [-0.39, 0.29) is 19.2 Å². The van der Waals surface area contributed by atoms with Crippen LogP contribution in [0.1, 0.15) is 90.9 Å². The molecular formula is C19H38O4. The molecule has 0 spiro atoms. The van der Waals surface area contributed by atoms with E-state index in [1.807, 2.05) is 0 Å². The van der Waals surface area contributed by atoms with Crippen LogP contribution in [-0.2, 0) is 14.3 Å². The molecule has 0 aliphatic heterocycles. The van der Waals surface area contributed by atoms with Gasteiger partial charge in [0, 0.05) is 13.5 Å². The van der Waals surface area contributed by atoms with Crippen LogP contribution in [-0.4, -0.2) is 37.0 Å². The van der Waals surface area contributed by atoms with Gasteiger partial charge in [-0.1, -0.05) is 77.6 Å². The molecule has 23 heavy (non-hydrogen) atoms. The van der Waals surface area contributed by atoms with E-state index < -0.39 is 6.10 Å². The van der Waals surface area contributed by atoms with Crippen molar-refractivity contribution in [2.24, 2.45) is 0 Å². The van der Waals surface area contributed by atoms with Crippen molar-refractivity contribution in [3.63, 3.8) is 0 Å². The average molecular weight is 331 g/mol. The fraction of sp³-hybridized carbons (Fsp3) is 0.947. The second kappa shape index (κ2) is 17.7. The number of hydrogen-bond donors (Lipinski definition) is 1. The van der Waals surface area contributed by atoms with Crippen molar-refractivity contribution in [3.05, 3.63) is 0 Å². The number of aliphatic hydroxyl groups excluding tert-OH is 1. The molecule has 4 heteroatoms. The third-order valence-corrected chi connectivity index (χ3v) is 3.93. The zero-order valence-corrected chi connectivity index (χ0v) is 15.4. The molecule has 0 amide bonds. The summed E-state index contributed by atoms with van der Waals surface area (Å²) in [5, 5.41) is 9.49. The van der Waals surface area contributed by atoms with Crippen LogP contribution >= 0.6 is 0 Å². The molecule has 0 aromatic carbocycles. The van der Waals surface area contributed by atoms with E-state index in [0.29, 0.717) is 6.61 Å². The summed E-state index contributed by atoms with van der Waals surface area (Å²) in [5.74, 6) is -0.370. The second-order valence-corrected chi connectivity index (χ2v) is 6.42. The predicted octanol–water partition coefficient (Wildman–Crippen LogP) is 4.63. The summed E-state index contributed by atoms with van der Waals surface area (Å²) < 4.78 is 10.1. The Labute approximate surface area is 142 Å². The zero-order valence-electron chi connectivity index (χ0n) is 15.4. The van der Waals surface area contributed by atoms with Gasteiger partial charge in [-0.05, 0) is 6.42 Å². The van der Waals surface area contributed by atoms with E-state index in [2.05, 4.69) is 6.92 Å². The van der Waals surface area contributed by atoms with Crippen LogP contribution in [0.15, 0.2) is 0 Å². The first-order chi connectivity index (χ1) is 11.2. The van der Waals surface area contributed by atoms with Crippen LogP contribution in [0, 0.1) is 0 Å². The van der Waals surface area contributed by atoms with Gasteiger partial charge in [-0.25, -0.2) is 0 Å². The first-order valence-corrected chi connectivity index (χ1v) is 9.56. The topological polar surface area (TPSA) is 55.8 Å². The Kier molecular flexibility index (Phi) is 17.3. The van der Waals surface area contributed by atoms with Crippen molar-refractivity contribution in [2.75, 3.05) is 19.8 Å². The second-order valence-electron chi connectivity index (χ2n) is 6.42. The van der Waals surface area contributed by atoms with Crippen molar-refractivity contribution in [1.29, 1.82) is 0 Å². The quantitative estimate of drug-likeness (QED) is 0.312. The molecule has 0 heterocycles. The number of hydrogen-bond acceptors (Lipinski definition) is 4. The lowest BCUT2D eigenvalue weighted by atomic mass is 10.1. The molecule has 0 fully saturated rings. The summed E-state index contributed by atoms with van der Waals surface area (Å²) in [5.41, 5.74) is 0. The lowest BCUT2D eigenvalue weighted by Gasteiger charge is -2.10. The first-order valence-electron chi connectivity index (χ1n) is 9.56. The van der Waals surface area contributed by atoms with Gasteiger partial charge >= 0.3 is 5.97 Å². The number of unbranched alkanes of at least 4 members (excludes halogenated alkanes) is 11. The number of esters is 1. The van der Waals surface area contributed by atoms with E-state index in [4.69, 9.17) is 9.47 Å². The summed E-state index contributed by atoms with van der Waals surface area (Å²) in [4.78, 5) is 10.6. The summed E-state index contributed by atoms with van der Waals surface area (Å²) in [7, 11) is 0. The van der Waals surface area contributed by atoms with Gasteiger partial charge in [-0.3, -0.25) is 4.79 Å². The fourth-order valence-electron chi connectivity index (χ4n) is 2.53. The van der Waals surface area contributed by atoms with E-state index in [1.54, 1.807) is 0 Å². The van der Waals surface area contributed by atoms with Gasteiger partial charge in [0.25, 0.3) is 0 Å². The standard InChI is InChI=1S/C19H38O4/c1-3-4-5-6-7-8-9-10-11-12-13-14-15-22-16-19(21)17-23-18(2)20/h19,21H,3-17H2,1-2H3. The number of aliphatic hydroxyl groups is 1. The molecular weight excluding hydrogens is 292 g/mol. The summed E-state index contributed by atoms with van der Waals surface area (Å²) in [6.07, 6.45) is 15.2. The van der Waals surface area contributed by atoms with Gasteiger partial charge in [-0.2, -0.15) is 0 Å². The monoisotopic (exact) mass is 330 g/mol. The third-order valence-electron chi connectivity index (χ3n) is 3.93. The maximum absolute atomic E-state index is 10.6. The molecule has 0 radical (unpaired) electrons. The van der Waals surface area contributed by atoms with Crippen LogP contribution < -0.4 is 0 Å². The van der Waals surface area contributed by atoms with Crippen molar-refractivity contribution < 1.29 is 19.4 Å². The molecule has 4 nitrogen and oxygen atoms in total. The number of ether oxygens (including phenoxy) is 2. The van der Waals surface area contributed by atoms with Crippen LogP contribution in [0.2, 0.25) is 0 Å². The molecule has 0 aliphatic rings. The predicted molar refractivity (Wildman–Crippen MR) is 94.5 cm³/mol. The minimum atomic E-state index is -0.712. The highest BCUT2D eigenvalue weighted by molar-refractivity contribution is 5.65. The molecule has 1 unspecified atom stereocenters. The zero-order chi connectivity index (χ0) is 17.2. The lowest BCUT2D eigenvalue weighted by molar-refractivity contribution is -0.145. The molecule has 0 rings (SSSR count). The van der Waals surface area contributed by atoms with Gasteiger partial charge in [0.2, 0.25) is 0 Å². The molecule has 0 aliphatic carbocycles. The van der Waals surface area contributed by atoms with Gasteiger partial charge in [0.1, 0.15) is 12.7 Å². The smallest absolute Gasteiger partial charge is 0.302 e. The third kappa shape index (κ3) is 19.3. The van der Waals surface area contributed by atoms with Gasteiger partial charge in [-0.15, -0.1) is 0 Å². The molecule has 0 saturated heterocycles. The van der Waals surface area contributed by atoms with Crippen molar-refractivity contribution in [1.82, 2.24) is 0 Å². The molecule has 0 aromatic rings. The average Bonchev–Trinajstić information content (AvgIpc) is 2.53.